The van der Waals surface area contributed by atoms with E-state index in [0.717, 1.165) is 24.9 Å². The summed E-state index contributed by atoms with van der Waals surface area (Å²) in [6, 6.07) is 4.99. The first-order valence-corrected chi connectivity index (χ1v) is 6.40. The van der Waals surface area contributed by atoms with Gasteiger partial charge in [0.1, 0.15) is 5.82 Å². The van der Waals surface area contributed by atoms with Crippen molar-refractivity contribution in [3.05, 3.63) is 34.1 Å². The minimum Gasteiger partial charge on any atom is -0.370 e. The normalized spacial score (nSPS) is 10.9. The van der Waals surface area contributed by atoms with Gasteiger partial charge < -0.3 is 11.1 Å². The zero-order chi connectivity index (χ0) is 12.7. The molecule has 0 atom stereocenters. The van der Waals surface area contributed by atoms with Gasteiger partial charge in [-0.05, 0) is 46.5 Å². The van der Waals surface area contributed by atoms with E-state index in [2.05, 4.69) is 26.2 Å². The molecule has 1 aromatic carbocycles. The molecule has 3 N–H and O–H groups in total. The zero-order valence-electron chi connectivity index (χ0n) is 10.2. The molecule has 0 aliphatic carbocycles. The van der Waals surface area contributed by atoms with Crippen LogP contribution in [-0.2, 0) is 6.42 Å². The Balaban J connectivity index is 0.00000289. The lowest BCUT2D eigenvalue weighted by Crippen LogP contribution is -2.33. The highest BCUT2D eigenvalue weighted by Crippen LogP contribution is 2.16. The summed E-state index contributed by atoms with van der Waals surface area (Å²) in [4.78, 5) is 4.12. The van der Waals surface area contributed by atoms with Gasteiger partial charge in [0.25, 0.3) is 0 Å². The van der Waals surface area contributed by atoms with Gasteiger partial charge in [-0.15, -0.1) is 24.0 Å². The van der Waals surface area contributed by atoms with Gasteiger partial charge in [-0.25, -0.2) is 4.39 Å². The lowest BCUT2D eigenvalue weighted by atomic mass is 10.1. The third-order valence-corrected chi connectivity index (χ3v) is 2.82. The number of halogens is 3. The van der Waals surface area contributed by atoms with Gasteiger partial charge in [0, 0.05) is 13.1 Å². The highest BCUT2D eigenvalue weighted by Gasteiger charge is 2.00. The third-order valence-electron chi connectivity index (χ3n) is 2.21. The van der Waals surface area contributed by atoms with Crippen molar-refractivity contribution in [2.24, 2.45) is 10.7 Å². The van der Waals surface area contributed by atoms with Crippen LogP contribution in [-0.4, -0.2) is 19.0 Å². The van der Waals surface area contributed by atoms with Gasteiger partial charge in [0.2, 0.25) is 0 Å². The van der Waals surface area contributed by atoms with Crippen LogP contribution in [0.4, 0.5) is 4.39 Å². The van der Waals surface area contributed by atoms with Crippen molar-refractivity contribution in [1.29, 1.82) is 0 Å². The van der Waals surface area contributed by atoms with Crippen LogP contribution in [0.15, 0.2) is 27.7 Å². The fourth-order valence-electron chi connectivity index (χ4n) is 1.32. The Morgan fingerprint density at radius 2 is 2.22 bits per heavy atom. The second kappa shape index (κ2) is 9.55. The minimum absolute atomic E-state index is 0. The van der Waals surface area contributed by atoms with Crippen molar-refractivity contribution in [3.63, 3.8) is 0 Å². The number of nitrogens with two attached hydrogens (primary N) is 1. The first-order chi connectivity index (χ1) is 8.13. The van der Waals surface area contributed by atoms with Crippen molar-refractivity contribution in [2.75, 3.05) is 13.1 Å². The quantitative estimate of drug-likeness (QED) is 0.429. The maximum absolute atomic E-state index is 13.0. The van der Waals surface area contributed by atoms with Gasteiger partial charge in [-0.3, -0.25) is 4.99 Å². The van der Waals surface area contributed by atoms with Crippen LogP contribution < -0.4 is 11.1 Å². The van der Waals surface area contributed by atoms with Crippen LogP contribution in [0, 0.1) is 5.82 Å². The van der Waals surface area contributed by atoms with E-state index in [4.69, 9.17) is 5.73 Å². The van der Waals surface area contributed by atoms with E-state index in [-0.39, 0.29) is 29.8 Å². The predicted molar refractivity (Wildman–Crippen MR) is 88.0 cm³/mol. The second-order valence-electron chi connectivity index (χ2n) is 3.69. The van der Waals surface area contributed by atoms with Crippen LogP contribution in [0.1, 0.15) is 18.9 Å². The largest absolute Gasteiger partial charge is 0.370 e. The fourth-order valence-corrected chi connectivity index (χ4v) is 1.74. The molecule has 0 saturated heterocycles. The molecule has 0 radical (unpaired) electrons. The smallest absolute Gasteiger partial charge is 0.188 e. The van der Waals surface area contributed by atoms with Crippen molar-refractivity contribution in [3.8, 4) is 0 Å². The van der Waals surface area contributed by atoms with Gasteiger partial charge in [0.05, 0.1) is 4.47 Å². The molecule has 0 spiro atoms. The van der Waals surface area contributed by atoms with E-state index in [1.165, 1.54) is 6.07 Å². The first-order valence-electron chi connectivity index (χ1n) is 5.61. The number of nitrogens with one attached hydrogen (secondary N) is 1. The molecule has 1 aromatic rings. The Morgan fingerprint density at radius 3 is 2.83 bits per heavy atom. The Morgan fingerprint density at radius 1 is 1.50 bits per heavy atom. The molecule has 0 amide bonds. The van der Waals surface area contributed by atoms with E-state index < -0.39 is 0 Å². The number of hydrogen-bond donors (Lipinski definition) is 2. The number of guanidine groups is 1. The van der Waals surface area contributed by atoms with Gasteiger partial charge in [0.15, 0.2) is 5.96 Å². The van der Waals surface area contributed by atoms with E-state index >= 15 is 0 Å². The molecule has 0 bridgehead atoms. The molecule has 0 fully saturated rings. The molecule has 0 saturated carbocycles. The molecule has 0 heterocycles. The number of benzene rings is 1. The second-order valence-corrected chi connectivity index (χ2v) is 4.55. The van der Waals surface area contributed by atoms with Crippen molar-refractivity contribution in [2.45, 2.75) is 19.8 Å². The van der Waals surface area contributed by atoms with Crippen LogP contribution in [0.2, 0.25) is 0 Å². The molecule has 18 heavy (non-hydrogen) atoms. The Kier molecular flexibility index (Phi) is 9.35. The monoisotopic (exact) mass is 429 g/mol. The third kappa shape index (κ3) is 6.53. The maximum Gasteiger partial charge on any atom is 0.188 e. The summed E-state index contributed by atoms with van der Waals surface area (Å²) >= 11 is 3.16. The molecule has 6 heteroatoms. The zero-order valence-corrected chi connectivity index (χ0v) is 14.2. The van der Waals surface area contributed by atoms with Gasteiger partial charge >= 0.3 is 0 Å². The van der Waals surface area contributed by atoms with Gasteiger partial charge in [-0.1, -0.05) is 13.0 Å². The fraction of sp³-hybridized carbons (Fsp3) is 0.417. The van der Waals surface area contributed by atoms with Gasteiger partial charge in [-0.2, -0.15) is 0 Å². The predicted octanol–water partition coefficient (Wildman–Crippen LogP) is 3.06. The molecule has 102 valence electrons. The molecule has 1 rings (SSSR count). The summed E-state index contributed by atoms with van der Waals surface area (Å²) in [6.45, 7) is 3.48. The highest BCUT2D eigenvalue weighted by atomic mass is 127. The molecular weight excluding hydrogens is 412 g/mol. The lowest BCUT2D eigenvalue weighted by Gasteiger charge is -2.06. The number of hydrogen-bond acceptors (Lipinski definition) is 1. The van der Waals surface area contributed by atoms with Crippen molar-refractivity contribution in [1.82, 2.24) is 5.32 Å². The Labute approximate surface area is 133 Å². The summed E-state index contributed by atoms with van der Waals surface area (Å²) in [6.07, 6.45) is 1.76. The SMILES string of the molecule is CCCN=C(N)NCCc1ccc(F)c(Br)c1.I. The average molecular weight is 430 g/mol. The number of nitrogens with zero attached hydrogens (tertiary/aromatic N) is 1. The summed E-state index contributed by atoms with van der Waals surface area (Å²) in [5, 5.41) is 3.02. The molecule has 0 unspecified atom stereocenters. The molecule has 0 aromatic heterocycles. The standard InChI is InChI=1S/C12H17BrFN3.HI/c1-2-6-16-12(15)17-7-5-9-3-4-11(14)10(13)8-9;/h3-4,8H,2,5-7H2,1H3,(H3,15,16,17);1H. The van der Waals surface area contributed by atoms with E-state index in [9.17, 15) is 4.39 Å². The van der Waals surface area contributed by atoms with Crippen LogP contribution in [0.3, 0.4) is 0 Å². The molecule has 3 nitrogen and oxygen atoms in total. The van der Waals surface area contributed by atoms with Crippen molar-refractivity contribution >= 4 is 45.9 Å². The molecule has 0 aliphatic heterocycles. The lowest BCUT2D eigenvalue weighted by molar-refractivity contribution is 0.620. The first kappa shape index (κ1) is 17.6. The van der Waals surface area contributed by atoms with Crippen LogP contribution >= 0.6 is 39.9 Å². The molecular formula is C12H18BrFIN3. The van der Waals surface area contributed by atoms with E-state index in [0.29, 0.717) is 17.0 Å². The number of aliphatic imine (C=N–C) groups is 1. The Hall–Kier alpha value is -0.370. The minimum atomic E-state index is -0.245. The average Bonchev–Trinajstić information content (AvgIpc) is 2.31. The summed E-state index contributed by atoms with van der Waals surface area (Å²) in [7, 11) is 0. The van der Waals surface area contributed by atoms with Crippen LogP contribution in [0.5, 0.6) is 0 Å². The summed E-state index contributed by atoms with van der Waals surface area (Å²) in [5.74, 6) is 0.221. The summed E-state index contributed by atoms with van der Waals surface area (Å²) < 4.78 is 13.5. The summed E-state index contributed by atoms with van der Waals surface area (Å²) in [5.41, 5.74) is 6.70. The number of rotatable bonds is 5. The van der Waals surface area contributed by atoms with E-state index in [1.807, 2.05) is 6.92 Å². The van der Waals surface area contributed by atoms with Crippen molar-refractivity contribution < 1.29 is 4.39 Å². The maximum atomic E-state index is 13.0. The van der Waals surface area contributed by atoms with Crippen LogP contribution in [0.25, 0.3) is 0 Å². The highest BCUT2D eigenvalue weighted by molar-refractivity contribution is 14.0. The topological polar surface area (TPSA) is 50.4 Å². The molecule has 0 aliphatic rings. The Bertz CT molecular complexity index is 399. The van der Waals surface area contributed by atoms with E-state index in [1.54, 1.807) is 12.1 Å².